The van der Waals surface area contributed by atoms with Gasteiger partial charge in [0, 0.05) is 55.9 Å². The van der Waals surface area contributed by atoms with Crippen LogP contribution in [0.1, 0.15) is 0 Å². The third-order valence-electron chi connectivity index (χ3n) is 4.31. The molecule has 23 heavy (non-hydrogen) atoms. The van der Waals surface area contributed by atoms with Gasteiger partial charge in [0.25, 0.3) is 0 Å². The lowest BCUT2D eigenvalue weighted by molar-refractivity contribution is 0.415. The lowest BCUT2D eigenvalue weighted by Gasteiger charge is -2.29. The minimum absolute atomic E-state index is 0.860. The quantitative estimate of drug-likeness (QED) is 0.807. The Balaban J connectivity index is 1.66. The van der Waals surface area contributed by atoms with Crippen LogP contribution in [0.4, 0.5) is 5.69 Å². The molecule has 1 saturated heterocycles. The highest BCUT2D eigenvalue weighted by atomic mass is 16.5. The first-order chi connectivity index (χ1) is 11.3. The molecule has 1 aliphatic heterocycles. The summed E-state index contributed by atoms with van der Waals surface area (Å²) >= 11 is 0. The Labute approximate surface area is 135 Å². The van der Waals surface area contributed by atoms with Gasteiger partial charge < -0.3 is 19.4 Å². The molecule has 1 aliphatic rings. The fraction of sp³-hybridized carbons (Fsp3) is 0.278. The molecule has 118 valence electrons. The van der Waals surface area contributed by atoms with Crippen LogP contribution in [-0.4, -0.2) is 42.7 Å². The average Bonchev–Trinajstić information content (AvgIpc) is 3.06. The molecule has 0 amide bonds. The highest BCUT2D eigenvalue weighted by Crippen LogP contribution is 2.24. The van der Waals surface area contributed by atoms with Gasteiger partial charge in [0.2, 0.25) is 0 Å². The zero-order valence-electron chi connectivity index (χ0n) is 13.2. The molecule has 0 radical (unpaired) electrons. The van der Waals surface area contributed by atoms with Gasteiger partial charge in [-0.3, -0.25) is 0 Å². The van der Waals surface area contributed by atoms with E-state index >= 15 is 0 Å². The van der Waals surface area contributed by atoms with Crippen LogP contribution in [0.25, 0.3) is 16.9 Å². The van der Waals surface area contributed by atoms with E-state index in [0.717, 1.165) is 48.8 Å². The van der Waals surface area contributed by atoms with E-state index < -0.39 is 0 Å². The maximum atomic E-state index is 5.21. The molecule has 0 unspecified atom stereocenters. The summed E-state index contributed by atoms with van der Waals surface area (Å²) < 4.78 is 7.29. The minimum Gasteiger partial charge on any atom is -0.497 e. The maximum Gasteiger partial charge on any atom is 0.139 e. The summed E-state index contributed by atoms with van der Waals surface area (Å²) in [6, 6.07) is 12.3. The van der Waals surface area contributed by atoms with E-state index in [1.165, 1.54) is 5.69 Å². The van der Waals surface area contributed by atoms with Crippen molar-refractivity contribution in [3.05, 3.63) is 48.8 Å². The van der Waals surface area contributed by atoms with Crippen molar-refractivity contribution in [3.63, 3.8) is 0 Å². The fourth-order valence-electron chi connectivity index (χ4n) is 2.99. The lowest BCUT2D eigenvalue weighted by Crippen LogP contribution is -2.43. The molecule has 0 bridgehead atoms. The van der Waals surface area contributed by atoms with Crippen molar-refractivity contribution in [2.24, 2.45) is 0 Å². The van der Waals surface area contributed by atoms with E-state index in [4.69, 9.17) is 9.72 Å². The van der Waals surface area contributed by atoms with E-state index in [9.17, 15) is 0 Å². The van der Waals surface area contributed by atoms with Crippen molar-refractivity contribution in [1.82, 2.24) is 14.7 Å². The number of benzene rings is 1. The second-order valence-electron chi connectivity index (χ2n) is 5.74. The number of ether oxygens (including phenoxy) is 1. The van der Waals surface area contributed by atoms with Gasteiger partial charge in [0.05, 0.1) is 12.8 Å². The number of hydrogen-bond acceptors (Lipinski definition) is 4. The Morgan fingerprint density at radius 2 is 1.87 bits per heavy atom. The van der Waals surface area contributed by atoms with Crippen LogP contribution in [0, 0.1) is 0 Å². The smallest absolute Gasteiger partial charge is 0.139 e. The van der Waals surface area contributed by atoms with Crippen molar-refractivity contribution >= 4 is 11.3 Å². The monoisotopic (exact) mass is 308 g/mol. The van der Waals surface area contributed by atoms with Gasteiger partial charge in [-0.15, -0.1) is 0 Å². The molecule has 5 nitrogen and oxygen atoms in total. The Morgan fingerprint density at radius 3 is 2.61 bits per heavy atom. The number of aromatic nitrogens is 2. The zero-order chi connectivity index (χ0) is 15.6. The highest BCUT2D eigenvalue weighted by molar-refractivity contribution is 5.66. The van der Waals surface area contributed by atoms with Crippen molar-refractivity contribution < 1.29 is 4.74 Å². The van der Waals surface area contributed by atoms with Crippen LogP contribution in [0.5, 0.6) is 5.75 Å². The standard InChI is InChI=1S/C18H20N4O/c1-23-16-4-2-14(3-5-16)17-13-22-9-6-15(12-18(22)20-17)21-10-7-19-8-11-21/h2-6,9,12-13,19H,7-8,10-11H2,1H3. The summed E-state index contributed by atoms with van der Waals surface area (Å²) in [7, 11) is 1.68. The summed E-state index contributed by atoms with van der Waals surface area (Å²) in [5.41, 5.74) is 4.29. The molecule has 0 aliphatic carbocycles. The first-order valence-corrected chi connectivity index (χ1v) is 7.92. The molecule has 4 rings (SSSR count). The molecule has 1 N–H and O–H groups in total. The SMILES string of the molecule is COc1ccc(-c2cn3ccc(N4CCNCC4)cc3n2)cc1. The Morgan fingerprint density at radius 1 is 1.09 bits per heavy atom. The number of rotatable bonds is 3. The third-order valence-corrected chi connectivity index (χ3v) is 4.31. The van der Waals surface area contributed by atoms with Gasteiger partial charge in [0.1, 0.15) is 11.4 Å². The zero-order valence-corrected chi connectivity index (χ0v) is 13.2. The van der Waals surface area contributed by atoms with Gasteiger partial charge >= 0.3 is 0 Å². The van der Waals surface area contributed by atoms with E-state index in [1.807, 2.05) is 24.3 Å². The van der Waals surface area contributed by atoms with Gasteiger partial charge in [-0.05, 0) is 30.3 Å². The number of methoxy groups -OCH3 is 1. The number of nitrogens with one attached hydrogen (secondary N) is 1. The molecule has 0 spiro atoms. The molecule has 5 heteroatoms. The van der Waals surface area contributed by atoms with Crippen molar-refractivity contribution in [2.45, 2.75) is 0 Å². The first-order valence-electron chi connectivity index (χ1n) is 7.92. The normalized spacial score (nSPS) is 15.1. The summed E-state index contributed by atoms with van der Waals surface area (Å²) in [5, 5.41) is 3.38. The molecular weight excluding hydrogens is 288 g/mol. The lowest BCUT2D eigenvalue weighted by atomic mass is 10.2. The van der Waals surface area contributed by atoms with Crippen molar-refractivity contribution in [3.8, 4) is 17.0 Å². The van der Waals surface area contributed by atoms with Gasteiger partial charge in [-0.25, -0.2) is 4.98 Å². The summed E-state index contributed by atoms with van der Waals surface area (Å²) in [4.78, 5) is 7.17. The van der Waals surface area contributed by atoms with Gasteiger partial charge in [-0.2, -0.15) is 0 Å². The number of nitrogens with zero attached hydrogens (tertiary/aromatic N) is 3. The highest BCUT2D eigenvalue weighted by Gasteiger charge is 2.12. The van der Waals surface area contributed by atoms with Crippen LogP contribution in [0.3, 0.4) is 0 Å². The van der Waals surface area contributed by atoms with Crippen molar-refractivity contribution in [2.75, 3.05) is 38.2 Å². The van der Waals surface area contributed by atoms with Crippen LogP contribution in [-0.2, 0) is 0 Å². The summed E-state index contributed by atoms with van der Waals surface area (Å²) in [6.07, 6.45) is 4.16. The molecule has 3 heterocycles. The minimum atomic E-state index is 0.860. The molecule has 1 aromatic carbocycles. The van der Waals surface area contributed by atoms with E-state index in [0.29, 0.717) is 0 Å². The number of imidazole rings is 1. The topological polar surface area (TPSA) is 41.8 Å². The Hall–Kier alpha value is -2.53. The Kier molecular flexibility index (Phi) is 3.63. The summed E-state index contributed by atoms with van der Waals surface area (Å²) in [5.74, 6) is 0.860. The number of pyridine rings is 1. The average molecular weight is 308 g/mol. The van der Waals surface area contributed by atoms with Gasteiger partial charge in [0.15, 0.2) is 0 Å². The molecule has 2 aromatic heterocycles. The fourth-order valence-corrected chi connectivity index (χ4v) is 2.99. The number of anilines is 1. The van der Waals surface area contributed by atoms with E-state index in [1.54, 1.807) is 7.11 Å². The Bertz CT molecular complexity index is 804. The number of piperazine rings is 1. The second kappa shape index (κ2) is 5.93. The summed E-state index contributed by atoms with van der Waals surface area (Å²) in [6.45, 7) is 4.16. The van der Waals surface area contributed by atoms with Crippen molar-refractivity contribution in [1.29, 1.82) is 0 Å². The molecule has 0 atom stereocenters. The largest absolute Gasteiger partial charge is 0.497 e. The maximum absolute atomic E-state index is 5.21. The molecule has 1 fully saturated rings. The van der Waals surface area contributed by atoms with E-state index in [-0.39, 0.29) is 0 Å². The predicted octanol–water partition coefficient (Wildman–Crippen LogP) is 2.42. The van der Waals surface area contributed by atoms with Gasteiger partial charge in [-0.1, -0.05) is 0 Å². The van der Waals surface area contributed by atoms with Crippen LogP contribution < -0.4 is 15.0 Å². The number of fused-ring (bicyclic) bond motifs is 1. The van der Waals surface area contributed by atoms with Crippen LogP contribution >= 0.6 is 0 Å². The van der Waals surface area contributed by atoms with Crippen LogP contribution in [0.2, 0.25) is 0 Å². The molecular formula is C18H20N4O. The second-order valence-corrected chi connectivity index (χ2v) is 5.74. The predicted molar refractivity (Wildman–Crippen MR) is 92.3 cm³/mol. The van der Waals surface area contributed by atoms with Crippen LogP contribution in [0.15, 0.2) is 48.8 Å². The third kappa shape index (κ3) is 2.75. The van der Waals surface area contributed by atoms with E-state index in [2.05, 4.69) is 39.1 Å². The molecule has 0 saturated carbocycles. The number of hydrogen-bond donors (Lipinski definition) is 1. The molecule has 3 aromatic rings. The first kappa shape index (κ1) is 14.1.